The van der Waals surface area contributed by atoms with Gasteiger partial charge in [0.2, 0.25) is 21.9 Å². The van der Waals surface area contributed by atoms with Crippen LogP contribution in [0.1, 0.15) is 35.8 Å². The van der Waals surface area contributed by atoms with Gasteiger partial charge >= 0.3 is 6.18 Å². The van der Waals surface area contributed by atoms with Gasteiger partial charge in [-0.1, -0.05) is 0 Å². The van der Waals surface area contributed by atoms with Crippen LogP contribution in [0.2, 0.25) is 0 Å². The number of carbonyl (C=O) groups excluding carboxylic acids is 1. The summed E-state index contributed by atoms with van der Waals surface area (Å²) in [6, 6.07) is 3.58. The summed E-state index contributed by atoms with van der Waals surface area (Å²) in [7, 11) is -2.65. The van der Waals surface area contributed by atoms with Gasteiger partial charge in [-0.15, -0.1) is 0 Å². The first-order chi connectivity index (χ1) is 16.2. The smallest absolute Gasteiger partial charge is 0.422 e. The van der Waals surface area contributed by atoms with Crippen molar-refractivity contribution < 1.29 is 35.5 Å². The molecule has 1 amide bonds. The Kier molecular flexibility index (Phi) is 5.65. The molecule has 0 radical (unpaired) electrons. The van der Waals surface area contributed by atoms with E-state index in [1.165, 1.54) is 26.1 Å². The van der Waals surface area contributed by atoms with Crippen LogP contribution in [0, 0.1) is 5.82 Å². The second-order valence-corrected chi connectivity index (χ2v) is 10.6. The molecule has 188 valence electrons. The van der Waals surface area contributed by atoms with Crippen molar-refractivity contribution in [1.29, 1.82) is 0 Å². The van der Waals surface area contributed by atoms with Crippen molar-refractivity contribution in [3.05, 3.63) is 47.7 Å². The summed E-state index contributed by atoms with van der Waals surface area (Å²) in [6.07, 6.45) is -2.28. The van der Waals surface area contributed by atoms with Gasteiger partial charge in [0.05, 0.1) is 12.4 Å². The van der Waals surface area contributed by atoms with Crippen LogP contribution in [0.15, 0.2) is 35.6 Å². The zero-order chi connectivity index (χ0) is 25.8. The maximum absolute atomic E-state index is 15.0. The molecule has 2 heterocycles. The summed E-state index contributed by atoms with van der Waals surface area (Å²) in [5, 5.41) is 2.48. The van der Waals surface area contributed by atoms with Crippen molar-refractivity contribution in [2.45, 2.75) is 36.2 Å². The van der Waals surface area contributed by atoms with Crippen molar-refractivity contribution in [2.75, 3.05) is 19.0 Å². The van der Waals surface area contributed by atoms with Crippen LogP contribution < -0.4 is 15.8 Å². The molecule has 10 nitrogen and oxygen atoms in total. The lowest BCUT2D eigenvalue weighted by atomic mass is 9.86. The Balaban J connectivity index is 1.60. The lowest BCUT2D eigenvalue weighted by Gasteiger charge is -2.42. The number of nitrogens with one attached hydrogen (secondary N) is 1. The summed E-state index contributed by atoms with van der Waals surface area (Å²) in [4.78, 5) is 24.2. The number of guanidine groups is 1. The van der Waals surface area contributed by atoms with Crippen LogP contribution in [0.25, 0.3) is 0 Å². The van der Waals surface area contributed by atoms with Crippen molar-refractivity contribution in [2.24, 2.45) is 10.7 Å². The average Bonchev–Trinajstić information content (AvgIpc) is 3.60. The van der Waals surface area contributed by atoms with E-state index >= 15 is 0 Å². The van der Waals surface area contributed by atoms with Gasteiger partial charge in [0, 0.05) is 18.3 Å². The van der Waals surface area contributed by atoms with Crippen LogP contribution in [-0.4, -0.2) is 59.1 Å². The van der Waals surface area contributed by atoms with Crippen LogP contribution in [0.3, 0.4) is 0 Å². The van der Waals surface area contributed by atoms with Gasteiger partial charge in [-0.3, -0.25) is 4.79 Å². The summed E-state index contributed by atoms with van der Waals surface area (Å²) in [5.41, 5.74) is 4.07. The molecule has 1 aliphatic carbocycles. The minimum Gasteiger partial charge on any atom is -0.467 e. The number of rotatable bonds is 5. The second kappa shape index (κ2) is 8.03. The lowest BCUT2D eigenvalue weighted by molar-refractivity contribution is -0.154. The first kappa shape index (κ1) is 24.6. The summed E-state index contributed by atoms with van der Waals surface area (Å²) in [6.45, 7) is -0.0864. The highest BCUT2D eigenvalue weighted by Crippen LogP contribution is 2.60. The largest absolute Gasteiger partial charge is 0.467 e. The molecule has 2 aromatic rings. The number of aromatic nitrogens is 2. The molecule has 15 heteroatoms. The van der Waals surface area contributed by atoms with Crippen molar-refractivity contribution in [3.8, 4) is 5.88 Å². The highest BCUT2D eigenvalue weighted by molar-refractivity contribution is 7.91. The van der Waals surface area contributed by atoms with E-state index in [1.807, 2.05) is 0 Å². The zero-order valence-electron chi connectivity index (χ0n) is 18.4. The summed E-state index contributed by atoms with van der Waals surface area (Å²) in [5.74, 6) is -2.24. The second-order valence-electron chi connectivity index (χ2n) is 8.30. The topological polar surface area (TPSA) is 140 Å². The highest BCUT2D eigenvalue weighted by atomic mass is 32.2. The molecular formula is C20H20F4N6O4S. The summed E-state index contributed by atoms with van der Waals surface area (Å²) >= 11 is 0. The van der Waals surface area contributed by atoms with E-state index in [1.54, 1.807) is 0 Å². The van der Waals surface area contributed by atoms with Crippen LogP contribution >= 0.6 is 0 Å². The molecular weight excluding hydrogens is 496 g/mol. The maximum Gasteiger partial charge on any atom is 0.422 e. The van der Waals surface area contributed by atoms with E-state index in [4.69, 9.17) is 5.73 Å². The third-order valence-electron chi connectivity index (χ3n) is 6.10. The van der Waals surface area contributed by atoms with E-state index in [0.717, 1.165) is 22.8 Å². The molecule has 1 fully saturated rings. The van der Waals surface area contributed by atoms with Gasteiger partial charge in [0.25, 0.3) is 5.91 Å². The summed E-state index contributed by atoms with van der Waals surface area (Å²) < 4.78 is 81.7. The average molecular weight is 516 g/mol. The van der Waals surface area contributed by atoms with Gasteiger partial charge in [-0.2, -0.15) is 13.2 Å². The number of benzene rings is 1. The van der Waals surface area contributed by atoms with Crippen molar-refractivity contribution >= 4 is 27.6 Å². The number of alkyl halides is 3. The van der Waals surface area contributed by atoms with Crippen LogP contribution in [0.4, 0.5) is 23.2 Å². The van der Waals surface area contributed by atoms with Gasteiger partial charge in [0.15, 0.2) is 6.61 Å². The molecule has 3 N–H and O–H groups in total. The fourth-order valence-corrected chi connectivity index (χ4v) is 6.12. The predicted molar refractivity (Wildman–Crippen MR) is 116 cm³/mol. The number of aliphatic imine (C=N–C) groups is 1. The standard InChI is InChI=1S/C20H20F4N6O4S/c1-18(19(5-6-19)35(32,33)30(2)17(25)29-18)12-7-11(3-4-13(12)21)28-16(31)14-8-27-15(9-26-14)34-10-20(22,23)24/h3-4,7-9H,5-6,10H2,1-2H3,(H2,25,29)(H,28,31)/t18-/m1/s1. The Labute approximate surface area is 197 Å². The Morgan fingerprint density at radius 2 is 1.94 bits per heavy atom. The minimum atomic E-state index is -4.56. The number of halogens is 4. The lowest BCUT2D eigenvalue weighted by Crippen LogP contribution is -2.58. The third-order valence-corrected chi connectivity index (χ3v) is 8.80. The number of carbonyl (C=O) groups is 1. The van der Waals surface area contributed by atoms with E-state index in [9.17, 15) is 30.8 Å². The van der Waals surface area contributed by atoms with Gasteiger partial charge in [0.1, 0.15) is 21.8 Å². The number of nitrogens with two attached hydrogens (primary N) is 1. The first-order valence-electron chi connectivity index (χ1n) is 10.2. The quantitative estimate of drug-likeness (QED) is 0.581. The number of hydrogen-bond donors (Lipinski definition) is 2. The molecule has 1 saturated carbocycles. The Morgan fingerprint density at radius 1 is 1.26 bits per heavy atom. The van der Waals surface area contributed by atoms with E-state index in [2.05, 4.69) is 25.0 Å². The number of anilines is 1. The Hall–Kier alpha value is -3.49. The zero-order valence-corrected chi connectivity index (χ0v) is 19.2. The Bertz CT molecular complexity index is 1310. The van der Waals surface area contributed by atoms with Gasteiger partial charge in [-0.25, -0.2) is 32.1 Å². The monoisotopic (exact) mass is 516 g/mol. The molecule has 4 rings (SSSR count). The molecule has 0 unspecified atom stereocenters. The van der Waals surface area contributed by atoms with Crippen LogP contribution in [-0.2, 0) is 15.6 Å². The molecule has 1 atom stereocenters. The molecule has 2 aliphatic rings. The fourth-order valence-electron chi connectivity index (χ4n) is 4.04. The van der Waals surface area contributed by atoms with Crippen molar-refractivity contribution in [3.63, 3.8) is 0 Å². The molecule has 1 aliphatic heterocycles. The highest BCUT2D eigenvalue weighted by Gasteiger charge is 2.70. The molecule has 0 saturated heterocycles. The maximum atomic E-state index is 15.0. The van der Waals surface area contributed by atoms with Crippen molar-refractivity contribution in [1.82, 2.24) is 14.3 Å². The first-order valence-corrected chi connectivity index (χ1v) is 11.6. The number of amides is 1. The predicted octanol–water partition coefficient (Wildman–Crippen LogP) is 2.15. The minimum absolute atomic E-state index is 0.0746. The van der Waals surface area contributed by atoms with Gasteiger partial charge in [-0.05, 0) is 38.0 Å². The number of sulfonamides is 1. The number of ether oxygens (including phenoxy) is 1. The molecule has 1 spiro atoms. The fraction of sp³-hybridized carbons (Fsp3) is 0.400. The van der Waals surface area contributed by atoms with E-state index < -0.39 is 50.7 Å². The van der Waals surface area contributed by atoms with Gasteiger partial charge < -0.3 is 15.8 Å². The molecule has 35 heavy (non-hydrogen) atoms. The van der Waals surface area contributed by atoms with Crippen LogP contribution in [0.5, 0.6) is 5.88 Å². The SMILES string of the molecule is CN1C(N)=N[C@](C)(c2cc(NC(=O)c3cnc(OCC(F)(F)F)cn3)ccc2F)C2(CC2)S1(=O)=O. The molecule has 0 bridgehead atoms. The normalized spacial score (nSPS) is 22.5. The van der Waals surface area contributed by atoms with E-state index in [-0.39, 0.29) is 35.7 Å². The number of nitrogens with zero attached hydrogens (tertiary/aromatic N) is 4. The molecule has 1 aromatic carbocycles. The number of hydrogen-bond acceptors (Lipinski definition) is 8. The Morgan fingerprint density at radius 3 is 2.51 bits per heavy atom. The molecule has 1 aromatic heterocycles. The third kappa shape index (κ3) is 4.13. The van der Waals surface area contributed by atoms with E-state index in [0.29, 0.717) is 0 Å².